The summed E-state index contributed by atoms with van der Waals surface area (Å²) in [5.74, 6) is 0.600. The minimum absolute atomic E-state index is 0.269. The first-order valence-electron chi connectivity index (χ1n) is 7.83. The van der Waals surface area contributed by atoms with Gasteiger partial charge in [-0.15, -0.1) is 0 Å². The highest BCUT2D eigenvalue weighted by molar-refractivity contribution is 7.89. The molecule has 21 heavy (non-hydrogen) atoms. The van der Waals surface area contributed by atoms with Crippen LogP contribution in [-0.2, 0) is 16.6 Å². The van der Waals surface area contributed by atoms with Gasteiger partial charge in [0.15, 0.2) is 5.03 Å². The molecule has 7 heteroatoms. The minimum Gasteiger partial charge on any atom is -0.310 e. The molecule has 118 valence electrons. The van der Waals surface area contributed by atoms with Crippen LogP contribution in [0.15, 0.2) is 11.2 Å². The van der Waals surface area contributed by atoms with Gasteiger partial charge in [0.25, 0.3) is 10.0 Å². The average Bonchev–Trinajstić information content (AvgIpc) is 3.19. The van der Waals surface area contributed by atoms with Crippen LogP contribution in [0.3, 0.4) is 0 Å². The summed E-state index contributed by atoms with van der Waals surface area (Å²) in [6.07, 6.45) is 6.97. The van der Waals surface area contributed by atoms with Crippen LogP contribution in [0.2, 0.25) is 0 Å². The molecule has 1 unspecified atom stereocenters. The van der Waals surface area contributed by atoms with E-state index in [9.17, 15) is 8.42 Å². The van der Waals surface area contributed by atoms with Crippen LogP contribution < -0.4 is 5.32 Å². The average molecular weight is 312 g/mol. The van der Waals surface area contributed by atoms with Gasteiger partial charge in [-0.2, -0.15) is 9.40 Å². The third kappa shape index (κ3) is 3.46. The second-order valence-electron chi connectivity index (χ2n) is 6.32. The molecule has 2 N–H and O–H groups in total. The predicted molar refractivity (Wildman–Crippen MR) is 80.2 cm³/mol. The maximum Gasteiger partial charge on any atom is 0.260 e. The van der Waals surface area contributed by atoms with Crippen molar-refractivity contribution in [2.45, 2.75) is 56.6 Å². The Balaban J connectivity index is 1.75. The molecule has 3 rings (SSSR count). The Kier molecular flexibility index (Phi) is 4.33. The third-order valence-corrected chi connectivity index (χ3v) is 6.32. The molecule has 0 bridgehead atoms. The van der Waals surface area contributed by atoms with Crippen LogP contribution in [-0.4, -0.2) is 42.1 Å². The maximum absolute atomic E-state index is 12.8. The first-order chi connectivity index (χ1) is 10.1. The largest absolute Gasteiger partial charge is 0.310 e. The summed E-state index contributed by atoms with van der Waals surface area (Å²) in [6, 6.07) is 0.550. The quantitative estimate of drug-likeness (QED) is 0.863. The van der Waals surface area contributed by atoms with Crippen molar-refractivity contribution in [3.8, 4) is 0 Å². The molecule has 1 saturated heterocycles. The Bertz CT molecular complexity index is 580. The van der Waals surface area contributed by atoms with Gasteiger partial charge >= 0.3 is 0 Å². The Morgan fingerprint density at radius 2 is 2.14 bits per heavy atom. The fraction of sp³-hybridized carbons (Fsp3) is 0.786. The lowest BCUT2D eigenvalue weighted by Crippen LogP contribution is -2.33. The van der Waals surface area contributed by atoms with E-state index in [-0.39, 0.29) is 5.03 Å². The zero-order chi connectivity index (χ0) is 14.9. The van der Waals surface area contributed by atoms with Crippen molar-refractivity contribution in [3.63, 3.8) is 0 Å². The summed E-state index contributed by atoms with van der Waals surface area (Å²) < 4.78 is 27.2. The van der Waals surface area contributed by atoms with Crippen molar-refractivity contribution < 1.29 is 8.42 Å². The molecule has 2 fully saturated rings. The van der Waals surface area contributed by atoms with Crippen LogP contribution in [0.4, 0.5) is 0 Å². The van der Waals surface area contributed by atoms with Crippen LogP contribution >= 0.6 is 0 Å². The molecule has 1 aromatic rings. The number of aromatic nitrogens is 2. The number of aromatic amines is 1. The summed E-state index contributed by atoms with van der Waals surface area (Å²) in [6.45, 7) is 3.98. The van der Waals surface area contributed by atoms with E-state index >= 15 is 0 Å². The first-order valence-corrected chi connectivity index (χ1v) is 9.27. The van der Waals surface area contributed by atoms with E-state index in [4.69, 9.17) is 0 Å². The van der Waals surface area contributed by atoms with Crippen molar-refractivity contribution in [2.75, 3.05) is 13.1 Å². The minimum atomic E-state index is -3.45. The zero-order valence-corrected chi connectivity index (χ0v) is 13.3. The third-order valence-electron chi connectivity index (χ3n) is 4.41. The monoisotopic (exact) mass is 312 g/mol. The molecule has 1 saturated carbocycles. The van der Waals surface area contributed by atoms with E-state index in [1.807, 2.05) is 0 Å². The molecule has 0 amide bonds. The Labute approximate surface area is 126 Å². The van der Waals surface area contributed by atoms with Crippen molar-refractivity contribution in [1.29, 1.82) is 0 Å². The van der Waals surface area contributed by atoms with Gasteiger partial charge in [0.1, 0.15) is 0 Å². The van der Waals surface area contributed by atoms with E-state index in [1.54, 1.807) is 10.5 Å². The molecule has 1 atom stereocenters. The number of rotatable bonds is 5. The van der Waals surface area contributed by atoms with Crippen LogP contribution in [0.25, 0.3) is 0 Å². The highest BCUT2D eigenvalue weighted by atomic mass is 32.2. The van der Waals surface area contributed by atoms with Crippen LogP contribution in [0, 0.1) is 5.92 Å². The standard InChI is InChI=1S/C14H24N4O2S/c1-11-3-2-7-18(8-6-11)21(19,20)14-12(10-16-17-14)9-15-13-4-5-13/h10-11,13,15H,2-9H2,1H3,(H,16,17). The van der Waals surface area contributed by atoms with Gasteiger partial charge < -0.3 is 5.32 Å². The molecule has 2 aliphatic rings. The van der Waals surface area contributed by atoms with Crippen molar-refractivity contribution in [3.05, 3.63) is 11.8 Å². The van der Waals surface area contributed by atoms with Gasteiger partial charge in [-0.3, -0.25) is 5.10 Å². The lowest BCUT2D eigenvalue weighted by Gasteiger charge is -2.19. The molecule has 1 aliphatic heterocycles. The second-order valence-corrected chi connectivity index (χ2v) is 8.19. The lowest BCUT2D eigenvalue weighted by molar-refractivity contribution is 0.414. The molecule has 1 aliphatic carbocycles. The van der Waals surface area contributed by atoms with Gasteiger partial charge in [-0.05, 0) is 38.0 Å². The molecule has 6 nitrogen and oxygen atoms in total. The fourth-order valence-electron chi connectivity index (χ4n) is 2.80. The van der Waals surface area contributed by atoms with Gasteiger partial charge in [-0.1, -0.05) is 6.92 Å². The number of hydrogen-bond donors (Lipinski definition) is 2. The van der Waals surface area contributed by atoms with Crippen molar-refractivity contribution >= 4 is 10.0 Å². The van der Waals surface area contributed by atoms with E-state index in [0.29, 0.717) is 31.6 Å². The van der Waals surface area contributed by atoms with Crippen LogP contribution in [0.5, 0.6) is 0 Å². The van der Waals surface area contributed by atoms with Gasteiger partial charge in [0.05, 0.1) is 6.20 Å². The number of nitrogens with one attached hydrogen (secondary N) is 2. The van der Waals surface area contributed by atoms with E-state index in [0.717, 1.165) is 24.8 Å². The summed E-state index contributed by atoms with van der Waals surface area (Å²) in [5.41, 5.74) is 0.749. The second kappa shape index (κ2) is 6.06. The Hall–Kier alpha value is -0.920. The first kappa shape index (κ1) is 15.0. The highest BCUT2D eigenvalue weighted by Gasteiger charge is 2.30. The molecule has 2 heterocycles. The zero-order valence-electron chi connectivity index (χ0n) is 12.5. The van der Waals surface area contributed by atoms with Crippen molar-refractivity contribution in [1.82, 2.24) is 19.8 Å². The maximum atomic E-state index is 12.8. The van der Waals surface area contributed by atoms with E-state index in [2.05, 4.69) is 22.4 Å². The molecular formula is C14H24N4O2S. The Morgan fingerprint density at radius 1 is 1.33 bits per heavy atom. The lowest BCUT2D eigenvalue weighted by atomic mass is 10.0. The number of H-pyrrole nitrogens is 1. The smallest absolute Gasteiger partial charge is 0.260 e. The Morgan fingerprint density at radius 3 is 2.90 bits per heavy atom. The summed E-state index contributed by atoms with van der Waals surface area (Å²) in [7, 11) is -3.45. The predicted octanol–water partition coefficient (Wildman–Crippen LogP) is 1.47. The molecule has 0 radical (unpaired) electrons. The molecule has 1 aromatic heterocycles. The summed E-state index contributed by atoms with van der Waals surface area (Å²) in [4.78, 5) is 0. The van der Waals surface area contributed by atoms with E-state index < -0.39 is 10.0 Å². The SMILES string of the molecule is CC1CCCN(S(=O)(=O)c2[nH]ncc2CNC2CC2)CC1. The van der Waals surface area contributed by atoms with Gasteiger partial charge in [0.2, 0.25) is 0 Å². The number of nitrogens with zero attached hydrogens (tertiary/aromatic N) is 2. The van der Waals surface area contributed by atoms with Gasteiger partial charge in [-0.25, -0.2) is 8.42 Å². The number of hydrogen-bond acceptors (Lipinski definition) is 4. The van der Waals surface area contributed by atoms with E-state index in [1.165, 1.54) is 12.8 Å². The number of sulfonamides is 1. The van der Waals surface area contributed by atoms with Crippen molar-refractivity contribution in [2.24, 2.45) is 5.92 Å². The highest BCUT2D eigenvalue weighted by Crippen LogP contribution is 2.25. The summed E-state index contributed by atoms with van der Waals surface area (Å²) in [5, 5.41) is 10.3. The molecular weight excluding hydrogens is 288 g/mol. The topological polar surface area (TPSA) is 78.1 Å². The molecule has 0 aromatic carbocycles. The fourth-order valence-corrected chi connectivity index (χ4v) is 4.39. The summed E-state index contributed by atoms with van der Waals surface area (Å²) >= 11 is 0. The normalized spacial score (nSPS) is 24.9. The van der Waals surface area contributed by atoms with Crippen LogP contribution in [0.1, 0.15) is 44.6 Å². The van der Waals surface area contributed by atoms with Gasteiger partial charge in [0, 0.05) is 31.2 Å². The molecule has 0 spiro atoms.